The molecule has 17 heavy (non-hydrogen) atoms. The highest BCUT2D eigenvalue weighted by molar-refractivity contribution is 4.83. The van der Waals surface area contributed by atoms with E-state index in [1.54, 1.807) is 0 Å². The molecule has 0 radical (unpaired) electrons. The Bertz CT molecular complexity index is 201. The lowest BCUT2D eigenvalue weighted by atomic mass is 9.99. The van der Waals surface area contributed by atoms with E-state index in [-0.39, 0.29) is 0 Å². The van der Waals surface area contributed by atoms with E-state index in [0.29, 0.717) is 6.04 Å². The van der Waals surface area contributed by atoms with Crippen LogP contribution in [0.5, 0.6) is 0 Å². The van der Waals surface area contributed by atoms with Crippen molar-refractivity contribution < 1.29 is 0 Å². The average Bonchev–Trinajstić information content (AvgIpc) is 3.15. The summed E-state index contributed by atoms with van der Waals surface area (Å²) >= 11 is 0. The Morgan fingerprint density at radius 2 is 1.82 bits per heavy atom. The number of rotatable bonds is 9. The molecule has 0 aromatic carbocycles. The van der Waals surface area contributed by atoms with Crippen molar-refractivity contribution in [3.05, 3.63) is 0 Å². The molecule has 2 nitrogen and oxygen atoms in total. The van der Waals surface area contributed by atoms with E-state index in [1.807, 2.05) is 0 Å². The molecule has 0 spiro atoms. The highest BCUT2D eigenvalue weighted by Gasteiger charge is 2.24. The van der Waals surface area contributed by atoms with Crippen LogP contribution in [-0.2, 0) is 0 Å². The average molecular weight is 240 g/mol. The molecule has 0 heterocycles. The van der Waals surface area contributed by atoms with Crippen molar-refractivity contribution >= 4 is 0 Å². The van der Waals surface area contributed by atoms with Crippen molar-refractivity contribution in [1.82, 2.24) is 10.2 Å². The van der Waals surface area contributed by atoms with Gasteiger partial charge in [0.15, 0.2) is 0 Å². The van der Waals surface area contributed by atoms with E-state index in [2.05, 4.69) is 44.8 Å². The number of hydrogen-bond acceptors (Lipinski definition) is 2. The van der Waals surface area contributed by atoms with Crippen LogP contribution >= 0.6 is 0 Å². The van der Waals surface area contributed by atoms with Crippen molar-refractivity contribution in [1.29, 1.82) is 0 Å². The molecular formula is C15H32N2. The lowest BCUT2D eigenvalue weighted by Gasteiger charge is -2.34. The van der Waals surface area contributed by atoms with Crippen LogP contribution in [0.25, 0.3) is 0 Å². The van der Waals surface area contributed by atoms with Crippen LogP contribution in [0, 0.1) is 11.8 Å². The highest BCUT2D eigenvalue weighted by atomic mass is 15.2. The zero-order valence-electron chi connectivity index (χ0n) is 12.5. The molecule has 1 rings (SSSR count). The van der Waals surface area contributed by atoms with E-state index < -0.39 is 0 Å². The first kappa shape index (κ1) is 15.0. The lowest BCUT2D eigenvalue weighted by molar-refractivity contribution is 0.145. The minimum atomic E-state index is 0.695. The predicted octanol–water partition coefficient (Wildman–Crippen LogP) is 3.13. The molecule has 0 aromatic rings. The van der Waals surface area contributed by atoms with Crippen molar-refractivity contribution in [2.45, 2.75) is 66.0 Å². The van der Waals surface area contributed by atoms with Crippen molar-refractivity contribution in [2.75, 3.05) is 19.6 Å². The lowest BCUT2D eigenvalue weighted by Crippen LogP contribution is -2.43. The molecule has 3 atom stereocenters. The second kappa shape index (κ2) is 7.38. The Kier molecular flexibility index (Phi) is 6.50. The Hall–Kier alpha value is -0.0800. The zero-order valence-corrected chi connectivity index (χ0v) is 12.5. The molecule has 0 bridgehead atoms. The summed E-state index contributed by atoms with van der Waals surface area (Å²) in [7, 11) is 0. The van der Waals surface area contributed by atoms with Crippen LogP contribution in [-0.4, -0.2) is 36.6 Å². The Morgan fingerprint density at radius 1 is 1.18 bits per heavy atom. The van der Waals surface area contributed by atoms with E-state index in [9.17, 15) is 0 Å². The Labute approximate surface area is 108 Å². The fourth-order valence-electron chi connectivity index (χ4n) is 2.28. The minimum absolute atomic E-state index is 0.695. The van der Waals surface area contributed by atoms with Crippen LogP contribution in [0.1, 0.15) is 53.9 Å². The summed E-state index contributed by atoms with van der Waals surface area (Å²) in [5.74, 6) is 1.57. The second-order valence-electron chi connectivity index (χ2n) is 6.00. The molecule has 102 valence electrons. The molecule has 0 amide bonds. The van der Waals surface area contributed by atoms with Gasteiger partial charge in [0.25, 0.3) is 0 Å². The van der Waals surface area contributed by atoms with Crippen molar-refractivity contribution in [3.8, 4) is 0 Å². The van der Waals surface area contributed by atoms with Crippen molar-refractivity contribution in [2.24, 2.45) is 11.8 Å². The van der Waals surface area contributed by atoms with E-state index in [0.717, 1.165) is 17.9 Å². The van der Waals surface area contributed by atoms with Gasteiger partial charge in [0, 0.05) is 18.6 Å². The van der Waals surface area contributed by atoms with Gasteiger partial charge in [0.2, 0.25) is 0 Å². The van der Waals surface area contributed by atoms with Crippen LogP contribution in [0.15, 0.2) is 0 Å². The summed E-state index contributed by atoms with van der Waals surface area (Å²) in [5, 5.41) is 3.66. The summed E-state index contributed by atoms with van der Waals surface area (Å²) in [6.07, 6.45) is 4.08. The van der Waals surface area contributed by atoms with Gasteiger partial charge >= 0.3 is 0 Å². The monoisotopic (exact) mass is 240 g/mol. The number of nitrogens with one attached hydrogen (secondary N) is 1. The first-order valence-corrected chi connectivity index (χ1v) is 7.55. The smallest absolute Gasteiger partial charge is 0.0105 e. The van der Waals surface area contributed by atoms with Gasteiger partial charge in [0.1, 0.15) is 0 Å². The molecule has 1 aliphatic rings. The standard InChI is InChI=1S/C15H32N2/c1-6-12(3)11-17(7-2)14(5)13(4)10-16-15-8-9-15/h12-16H,6-11H2,1-5H3. The summed E-state index contributed by atoms with van der Waals surface area (Å²) in [6.45, 7) is 15.3. The van der Waals surface area contributed by atoms with Gasteiger partial charge in [-0.3, -0.25) is 0 Å². The first-order valence-electron chi connectivity index (χ1n) is 7.55. The third-order valence-corrected chi connectivity index (χ3v) is 4.35. The van der Waals surface area contributed by atoms with Crippen LogP contribution in [0.3, 0.4) is 0 Å². The molecule has 1 aliphatic carbocycles. The molecule has 3 unspecified atom stereocenters. The van der Waals surface area contributed by atoms with E-state index in [4.69, 9.17) is 0 Å². The maximum absolute atomic E-state index is 3.66. The molecule has 1 fully saturated rings. The maximum Gasteiger partial charge on any atom is 0.0105 e. The minimum Gasteiger partial charge on any atom is -0.314 e. The molecule has 0 aliphatic heterocycles. The number of hydrogen-bond donors (Lipinski definition) is 1. The fraction of sp³-hybridized carbons (Fsp3) is 1.00. The van der Waals surface area contributed by atoms with Gasteiger partial charge in [0.05, 0.1) is 0 Å². The fourth-order valence-corrected chi connectivity index (χ4v) is 2.28. The van der Waals surface area contributed by atoms with Gasteiger partial charge < -0.3 is 10.2 Å². The van der Waals surface area contributed by atoms with Gasteiger partial charge in [-0.05, 0) is 44.7 Å². The zero-order chi connectivity index (χ0) is 12.8. The highest BCUT2D eigenvalue weighted by Crippen LogP contribution is 2.20. The molecule has 0 saturated heterocycles. The van der Waals surface area contributed by atoms with Crippen LogP contribution in [0.2, 0.25) is 0 Å². The SMILES string of the molecule is CCC(C)CN(CC)C(C)C(C)CNC1CC1. The molecule has 1 saturated carbocycles. The quantitative estimate of drug-likeness (QED) is 0.666. The summed E-state index contributed by atoms with van der Waals surface area (Å²) in [5.41, 5.74) is 0. The van der Waals surface area contributed by atoms with Gasteiger partial charge in [-0.1, -0.05) is 34.1 Å². The summed E-state index contributed by atoms with van der Waals surface area (Å²) in [6, 6.07) is 1.54. The Morgan fingerprint density at radius 3 is 2.29 bits per heavy atom. The van der Waals surface area contributed by atoms with Crippen LogP contribution in [0.4, 0.5) is 0 Å². The summed E-state index contributed by atoms with van der Waals surface area (Å²) in [4.78, 5) is 2.65. The molecule has 1 N–H and O–H groups in total. The second-order valence-corrected chi connectivity index (χ2v) is 6.00. The van der Waals surface area contributed by atoms with Gasteiger partial charge in [-0.15, -0.1) is 0 Å². The van der Waals surface area contributed by atoms with Crippen molar-refractivity contribution in [3.63, 3.8) is 0 Å². The normalized spacial score (nSPS) is 21.5. The predicted molar refractivity (Wildman–Crippen MR) is 76.4 cm³/mol. The molecular weight excluding hydrogens is 208 g/mol. The van der Waals surface area contributed by atoms with E-state index in [1.165, 1.54) is 38.9 Å². The number of nitrogens with zero attached hydrogens (tertiary/aromatic N) is 1. The Balaban J connectivity index is 2.31. The third kappa shape index (κ3) is 5.39. The van der Waals surface area contributed by atoms with Gasteiger partial charge in [-0.2, -0.15) is 0 Å². The summed E-state index contributed by atoms with van der Waals surface area (Å²) < 4.78 is 0. The topological polar surface area (TPSA) is 15.3 Å². The van der Waals surface area contributed by atoms with Gasteiger partial charge in [-0.25, -0.2) is 0 Å². The van der Waals surface area contributed by atoms with E-state index >= 15 is 0 Å². The largest absolute Gasteiger partial charge is 0.314 e. The first-order chi connectivity index (χ1) is 8.08. The maximum atomic E-state index is 3.66. The molecule has 0 aromatic heterocycles. The molecule has 2 heteroatoms. The van der Waals surface area contributed by atoms with Crippen LogP contribution < -0.4 is 5.32 Å². The third-order valence-electron chi connectivity index (χ3n) is 4.35.